The minimum atomic E-state index is -0.707. The Balaban J connectivity index is 2.94. The molecule has 3 atom stereocenters. The summed E-state index contributed by atoms with van der Waals surface area (Å²) in [5, 5.41) is 0.661. The predicted octanol–water partition coefficient (Wildman–Crippen LogP) is 5.03. The van der Waals surface area contributed by atoms with Gasteiger partial charge >= 0.3 is 5.97 Å². The lowest BCUT2D eigenvalue weighted by molar-refractivity contribution is -0.146. The van der Waals surface area contributed by atoms with E-state index >= 15 is 0 Å². The Bertz CT molecular complexity index is 773. The molecule has 33 heavy (non-hydrogen) atoms. The molecule has 0 aliphatic rings. The second-order valence-corrected chi connectivity index (χ2v) is 8.76. The normalized spacial score (nSPS) is 13.7. The van der Waals surface area contributed by atoms with Crippen LogP contribution >= 0.6 is 11.6 Å². The molecule has 3 unspecified atom stereocenters. The van der Waals surface area contributed by atoms with Crippen LogP contribution in [0, 0.1) is 17.8 Å². The quantitative estimate of drug-likeness (QED) is 0.291. The van der Waals surface area contributed by atoms with Gasteiger partial charge < -0.3 is 9.47 Å². The van der Waals surface area contributed by atoms with Crippen LogP contribution in [0.15, 0.2) is 24.3 Å². The fraction of sp³-hybridized carbons (Fsp3) is 0.615. The molecule has 0 saturated heterocycles. The predicted molar refractivity (Wildman–Crippen MR) is 128 cm³/mol. The van der Waals surface area contributed by atoms with Gasteiger partial charge in [0.15, 0.2) is 0 Å². The van der Waals surface area contributed by atoms with E-state index in [0.29, 0.717) is 37.3 Å². The number of benzene rings is 1. The van der Waals surface area contributed by atoms with Crippen molar-refractivity contribution in [1.29, 1.82) is 0 Å². The molecule has 0 radical (unpaired) electrons. The molecule has 0 heterocycles. The molecule has 1 rings (SSSR count). The van der Waals surface area contributed by atoms with E-state index in [4.69, 9.17) is 21.1 Å². The molecule has 0 spiro atoms. The molecule has 184 valence electrons. The van der Waals surface area contributed by atoms with Crippen molar-refractivity contribution in [3.8, 4) is 0 Å². The molecule has 0 N–H and O–H groups in total. The van der Waals surface area contributed by atoms with Crippen LogP contribution in [-0.2, 0) is 35.1 Å². The molecule has 0 amide bonds. The van der Waals surface area contributed by atoms with E-state index in [1.807, 2.05) is 24.3 Å². The van der Waals surface area contributed by atoms with Crippen molar-refractivity contribution in [3.63, 3.8) is 0 Å². The Kier molecular flexibility index (Phi) is 13.8. The van der Waals surface area contributed by atoms with Gasteiger partial charge in [0.25, 0.3) is 0 Å². The van der Waals surface area contributed by atoms with Crippen molar-refractivity contribution in [2.75, 3.05) is 20.3 Å². The summed E-state index contributed by atoms with van der Waals surface area (Å²) >= 11 is 5.93. The highest BCUT2D eigenvalue weighted by molar-refractivity contribution is 6.30. The Morgan fingerprint density at radius 3 is 2.15 bits per heavy atom. The SMILES string of the molecule is CCOC(=O)CC(CCCc1ccc(Cl)cc1)C(=O)CC(C(C)=O)C(CCOC)C(=O)CC. The number of carbonyl (C=O) groups excluding carboxylic acids is 4. The van der Waals surface area contributed by atoms with Crippen molar-refractivity contribution >= 4 is 34.9 Å². The molecular formula is C26H37ClO6. The maximum absolute atomic E-state index is 13.3. The van der Waals surface area contributed by atoms with Crippen LogP contribution in [0.4, 0.5) is 0 Å². The van der Waals surface area contributed by atoms with Crippen molar-refractivity contribution in [3.05, 3.63) is 34.9 Å². The highest BCUT2D eigenvalue weighted by Gasteiger charge is 2.34. The topological polar surface area (TPSA) is 86.7 Å². The molecule has 0 aliphatic heterocycles. The summed E-state index contributed by atoms with van der Waals surface area (Å²) in [5.41, 5.74) is 1.09. The van der Waals surface area contributed by atoms with Gasteiger partial charge in [-0.1, -0.05) is 30.7 Å². The summed E-state index contributed by atoms with van der Waals surface area (Å²) in [7, 11) is 1.54. The third-order valence-corrected chi connectivity index (χ3v) is 6.18. The van der Waals surface area contributed by atoms with E-state index in [2.05, 4.69) is 0 Å². The van der Waals surface area contributed by atoms with Crippen molar-refractivity contribution in [2.45, 2.75) is 65.7 Å². The van der Waals surface area contributed by atoms with Gasteiger partial charge in [-0.2, -0.15) is 0 Å². The summed E-state index contributed by atoms with van der Waals surface area (Å²) in [4.78, 5) is 50.4. The Hall–Kier alpha value is -2.05. The summed E-state index contributed by atoms with van der Waals surface area (Å²) in [6.45, 7) is 5.47. The molecule has 7 heteroatoms. The zero-order valence-electron chi connectivity index (χ0n) is 20.2. The smallest absolute Gasteiger partial charge is 0.306 e. The number of carbonyl (C=O) groups is 4. The number of hydrogen-bond acceptors (Lipinski definition) is 6. The third kappa shape index (κ3) is 10.6. The van der Waals surface area contributed by atoms with Gasteiger partial charge in [0, 0.05) is 49.3 Å². The lowest BCUT2D eigenvalue weighted by atomic mass is 9.77. The summed E-state index contributed by atoms with van der Waals surface area (Å²) in [5.74, 6) is -2.67. The van der Waals surface area contributed by atoms with Crippen molar-refractivity contribution < 1.29 is 28.7 Å². The van der Waals surface area contributed by atoms with Crippen molar-refractivity contribution in [2.24, 2.45) is 17.8 Å². The first kappa shape index (κ1) is 29.0. The Morgan fingerprint density at radius 2 is 1.61 bits per heavy atom. The molecule has 0 fully saturated rings. The lowest BCUT2D eigenvalue weighted by Gasteiger charge is -2.25. The Labute approximate surface area is 202 Å². The standard InChI is InChI=1S/C26H37ClO6/c1-5-24(29)22(14-15-32-4)23(18(3)28)17-25(30)20(16-26(31)33-6-2)9-7-8-19-10-12-21(27)13-11-19/h10-13,20,22-23H,5-9,14-17H2,1-4H3. The fourth-order valence-electron chi connectivity index (χ4n) is 4.05. The highest BCUT2D eigenvalue weighted by atomic mass is 35.5. The Morgan fingerprint density at radius 1 is 0.939 bits per heavy atom. The average Bonchev–Trinajstić information content (AvgIpc) is 2.78. The number of rotatable bonds is 17. The van der Waals surface area contributed by atoms with Gasteiger partial charge in [0.2, 0.25) is 0 Å². The number of hydrogen-bond donors (Lipinski definition) is 0. The van der Waals surface area contributed by atoms with Crippen LogP contribution in [0.2, 0.25) is 5.02 Å². The fourth-order valence-corrected chi connectivity index (χ4v) is 4.17. The second kappa shape index (κ2) is 15.7. The molecule has 6 nitrogen and oxygen atoms in total. The van der Waals surface area contributed by atoms with E-state index in [0.717, 1.165) is 12.0 Å². The van der Waals surface area contributed by atoms with Crippen LogP contribution < -0.4 is 0 Å². The van der Waals surface area contributed by atoms with E-state index in [1.54, 1.807) is 13.8 Å². The average molecular weight is 481 g/mol. The van der Waals surface area contributed by atoms with Crippen molar-refractivity contribution in [1.82, 2.24) is 0 Å². The number of ketones is 3. The highest BCUT2D eigenvalue weighted by Crippen LogP contribution is 2.27. The van der Waals surface area contributed by atoms with Gasteiger partial charge in [-0.05, 0) is 57.2 Å². The maximum atomic E-state index is 13.3. The van der Waals surface area contributed by atoms with Crippen LogP contribution in [-0.4, -0.2) is 43.6 Å². The summed E-state index contributed by atoms with van der Waals surface area (Å²) < 4.78 is 10.2. The van der Waals surface area contributed by atoms with Crippen LogP contribution in [0.3, 0.4) is 0 Å². The number of aryl methyl sites for hydroxylation is 1. The van der Waals surface area contributed by atoms with Crippen LogP contribution in [0.5, 0.6) is 0 Å². The minimum Gasteiger partial charge on any atom is -0.466 e. The minimum absolute atomic E-state index is 0.0254. The number of ether oxygens (including phenoxy) is 2. The van der Waals surface area contributed by atoms with E-state index < -0.39 is 23.7 Å². The van der Waals surface area contributed by atoms with Gasteiger partial charge in [-0.25, -0.2) is 0 Å². The van der Waals surface area contributed by atoms with E-state index in [1.165, 1.54) is 14.0 Å². The first-order valence-electron chi connectivity index (χ1n) is 11.7. The summed E-state index contributed by atoms with van der Waals surface area (Å²) in [6, 6.07) is 7.51. The van der Waals surface area contributed by atoms with Gasteiger partial charge in [-0.15, -0.1) is 0 Å². The zero-order valence-corrected chi connectivity index (χ0v) is 21.0. The monoisotopic (exact) mass is 480 g/mol. The molecule has 0 aromatic heterocycles. The molecule has 1 aromatic carbocycles. The first-order valence-corrected chi connectivity index (χ1v) is 12.1. The second-order valence-electron chi connectivity index (χ2n) is 8.32. The number of Topliss-reactive ketones (excluding diaryl/α,β-unsaturated/α-hetero) is 3. The number of esters is 1. The van der Waals surface area contributed by atoms with Crippen LogP contribution in [0.1, 0.15) is 64.9 Å². The van der Waals surface area contributed by atoms with Gasteiger partial charge in [0.05, 0.1) is 13.0 Å². The third-order valence-electron chi connectivity index (χ3n) is 5.93. The number of methoxy groups -OCH3 is 1. The number of halogens is 1. The molecule has 0 bridgehead atoms. The molecule has 0 aliphatic carbocycles. The molecule has 1 aromatic rings. The molecule has 0 saturated carbocycles. The largest absolute Gasteiger partial charge is 0.466 e. The summed E-state index contributed by atoms with van der Waals surface area (Å²) in [6.07, 6.45) is 2.53. The first-order chi connectivity index (χ1) is 15.7. The van der Waals surface area contributed by atoms with Gasteiger partial charge in [-0.3, -0.25) is 19.2 Å². The van der Waals surface area contributed by atoms with E-state index in [-0.39, 0.29) is 36.8 Å². The molecular weight excluding hydrogens is 444 g/mol. The maximum Gasteiger partial charge on any atom is 0.306 e. The lowest BCUT2D eigenvalue weighted by Crippen LogP contribution is -2.33. The zero-order chi connectivity index (χ0) is 24.8. The van der Waals surface area contributed by atoms with E-state index in [9.17, 15) is 19.2 Å². The van der Waals surface area contributed by atoms with Gasteiger partial charge in [0.1, 0.15) is 17.3 Å². The van der Waals surface area contributed by atoms with Crippen LogP contribution in [0.25, 0.3) is 0 Å².